The maximum atomic E-state index is 9.23. The van der Waals surface area contributed by atoms with Crippen LogP contribution in [-0.2, 0) is 0 Å². The number of hydrogen-bond donors (Lipinski definition) is 0. The molecule has 0 N–H and O–H groups in total. The Balaban J connectivity index is 1.56. The van der Waals surface area contributed by atoms with Gasteiger partial charge in [-0.05, 0) is 81.6 Å². The van der Waals surface area contributed by atoms with Gasteiger partial charge in [0.25, 0.3) is 0 Å². The monoisotopic (exact) mass is 469 g/mol. The second-order valence-corrected chi connectivity index (χ2v) is 9.27. The highest BCUT2D eigenvalue weighted by atomic mass is 15.0. The topological polar surface area (TPSA) is 33.1 Å². The highest BCUT2D eigenvalue weighted by molar-refractivity contribution is 6.25. The predicted molar refractivity (Wildman–Crippen MR) is 151 cm³/mol. The third-order valence-electron chi connectivity index (χ3n) is 7.16. The van der Waals surface area contributed by atoms with Crippen molar-refractivity contribution in [2.75, 3.05) is 0 Å². The molecule has 0 amide bonds. The average Bonchev–Trinajstić information content (AvgIpc) is 3.31. The van der Waals surface area contributed by atoms with Crippen LogP contribution in [-0.4, -0.2) is 4.57 Å². The van der Waals surface area contributed by atoms with Crippen LogP contribution < -0.4 is 0 Å². The lowest BCUT2D eigenvalue weighted by Gasteiger charge is -2.10. The number of nitriles is 1. The van der Waals surface area contributed by atoms with Crippen molar-refractivity contribution < 1.29 is 0 Å². The first-order valence-corrected chi connectivity index (χ1v) is 12.1. The van der Waals surface area contributed by atoms with Gasteiger partial charge < -0.3 is 4.57 Å². The van der Waals surface area contributed by atoms with Gasteiger partial charge in [-0.3, -0.25) is 0 Å². The van der Waals surface area contributed by atoms with Crippen LogP contribution in [0.2, 0.25) is 0 Å². The summed E-state index contributed by atoms with van der Waals surface area (Å²) in [4.78, 5) is 3.54. The van der Waals surface area contributed by atoms with Crippen LogP contribution in [0.25, 0.3) is 65.4 Å². The molecule has 0 atom stereocenters. The third kappa shape index (κ3) is 3.27. The number of aromatic nitrogens is 1. The van der Waals surface area contributed by atoms with Gasteiger partial charge in [0.2, 0.25) is 0 Å². The lowest BCUT2D eigenvalue weighted by atomic mass is 9.95. The Morgan fingerprint density at radius 1 is 0.595 bits per heavy atom. The maximum absolute atomic E-state index is 9.23. The van der Waals surface area contributed by atoms with Crippen molar-refractivity contribution in [3.8, 4) is 34.0 Å². The summed E-state index contributed by atoms with van der Waals surface area (Å²) >= 11 is 0. The summed E-state index contributed by atoms with van der Waals surface area (Å²) in [7, 11) is 0. The summed E-state index contributed by atoms with van der Waals surface area (Å²) in [5.74, 6) is 0. The smallest absolute Gasteiger partial charge is 0.187 e. The summed E-state index contributed by atoms with van der Waals surface area (Å²) in [6, 6.07) is 41.7. The van der Waals surface area contributed by atoms with E-state index in [9.17, 15) is 5.26 Å². The van der Waals surface area contributed by atoms with E-state index in [2.05, 4.69) is 76.1 Å². The standard InChI is InChI=1S/C34H19N3/c1-36-29-15-13-24(14-16-29)28-18-26-12-11-25-17-27(23-9-7-22(21-35)8-10-23)19-31-33(25)34(26)32(20-28)37(31)30-5-3-2-4-6-30/h2-20H. The largest absolute Gasteiger partial charge is 0.309 e. The van der Waals surface area contributed by atoms with Crippen LogP contribution in [0.3, 0.4) is 0 Å². The highest BCUT2D eigenvalue weighted by Gasteiger charge is 2.19. The summed E-state index contributed by atoms with van der Waals surface area (Å²) in [5.41, 5.74) is 9.15. The van der Waals surface area contributed by atoms with E-state index >= 15 is 0 Å². The van der Waals surface area contributed by atoms with Crippen LogP contribution in [0.5, 0.6) is 0 Å². The second kappa shape index (κ2) is 8.09. The Kier molecular flexibility index (Phi) is 4.58. The van der Waals surface area contributed by atoms with E-state index in [4.69, 9.17) is 6.57 Å². The number of benzene rings is 6. The molecule has 170 valence electrons. The lowest BCUT2D eigenvalue weighted by Crippen LogP contribution is -1.94. The van der Waals surface area contributed by atoms with Crippen molar-refractivity contribution in [1.29, 1.82) is 5.26 Å². The molecule has 0 radical (unpaired) electrons. The molecule has 6 aromatic carbocycles. The molecule has 37 heavy (non-hydrogen) atoms. The van der Waals surface area contributed by atoms with E-state index in [-0.39, 0.29) is 0 Å². The SMILES string of the molecule is [C-]#[N+]c1ccc(-c2cc3ccc4cc(-c5ccc(C#N)cc5)cc5c4c3c(c2)n5-c2ccccc2)cc1. The van der Waals surface area contributed by atoms with Gasteiger partial charge in [-0.1, -0.05) is 66.7 Å². The molecule has 1 aromatic heterocycles. The molecule has 0 saturated heterocycles. The molecule has 3 heteroatoms. The maximum Gasteiger partial charge on any atom is 0.187 e. The zero-order valence-electron chi connectivity index (χ0n) is 19.8. The molecule has 0 unspecified atom stereocenters. The Bertz CT molecular complexity index is 1890. The molecular formula is C34H19N3. The molecule has 0 fully saturated rings. The van der Waals surface area contributed by atoms with Crippen molar-refractivity contribution >= 4 is 38.3 Å². The molecule has 0 aliphatic carbocycles. The fourth-order valence-corrected chi connectivity index (χ4v) is 5.42. The number of para-hydroxylation sites is 1. The normalized spacial score (nSPS) is 11.2. The van der Waals surface area contributed by atoms with E-state index in [0.29, 0.717) is 11.3 Å². The van der Waals surface area contributed by atoms with Gasteiger partial charge in [0.05, 0.1) is 29.2 Å². The molecule has 0 spiro atoms. The molecule has 0 aliphatic heterocycles. The van der Waals surface area contributed by atoms with Gasteiger partial charge in [-0.25, -0.2) is 4.85 Å². The number of hydrogen-bond acceptors (Lipinski definition) is 1. The Morgan fingerprint density at radius 2 is 1.14 bits per heavy atom. The van der Waals surface area contributed by atoms with Gasteiger partial charge in [-0.15, -0.1) is 0 Å². The number of rotatable bonds is 3. The molecule has 7 rings (SSSR count). The first kappa shape index (κ1) is 20.9. The minimum atomic E-state index is 0.643. The van der Waals surface area contributed by atoms with Gasteiger partial charge in [0.15, 0.2) is 5.69 Å². The van der Waals surface area contributed by atoms with E-state index in [0.717, 1.165) is 39.0 Å². The highest BCUT2D eigenvalue weighted by Crippen LogP contribution is 2.43. The van der Waals surface area contributed by atoms with Gasteiger partial charge >= 0.3 is 0 Å². The zero-order chi connectivity index (χ0) is 24.9. The molecule has 0 saturated carbocycles. The van der Waals surface area contributed by atoms with Crippen LogP contribution in [0, 0.1) is 17.9 Å². The molecule has 7 aromatic rings. The molecule has 0 bridgehead atoms. The van der Waals surface area contributed by atoms with E-state index in [1.54, 1.807) is 0 Å². The first-order chi connectivity index (χ1) is 18.2. The van der Waals surface area contributed by atoms with Crippen LogP contribution >= 0.6 is 0 Å². The fraction of sp³-hybridized carbons (Fsp3) is 0. The molecular weight excluding hydrogens is 450 g/mol. The summed E-state index contributed by atoms with van der Waals surface area (Å²) in [5, 5.41) is 14.1. The van der Waals surface area contributed by atoms with E-state index in [1.165, 1.54) is 21.5 Å². The number of nitrogens with zero attached hydrogens (tertiary/aromatic N) is 3. The van der Waals surface area contributed by atoms with Crippen LogP contribution in [0.1, 0.15) is 5.56 Å². The van der Waals surface area contributed by atoms with E-state index in [1.807, 2.05) is 54.6 Å². The van der Waals surface area contributed by atoms with Crippen molar-refractivity contribution in [2.24, 2.45) is 0 Å². The van der Waals surface area contributed by atoms with Gasteiger partial charge in [0.1, 0.15) is 0 Å². The van der Waals surface area contributed by atoms with Gasteiger partial charge in [0, 0.05) is 16.5 Å². The molecule has 1 heterocycles. The average molecular weight is 470 g/mol. The molecule has 3 nitrogen and oxygen atoms in total. The Morgan fingerprint density at radius 3 is 1.65 bits per heavy atom. The predicted octanol–water partition coefficient (Wildman–Crippen LogP) is 9.13. The lowest BCUT2D eigenvalue weighted by molar-refractivity contribution is 1.18. The fourth-order valence-electron chi connectivity index (χ4n) is 5.42. The Labute approximate surface area is 214 Å². The van der Waals surface area contributed by atoms with Crippen LogP contribution in [0.15, 0.2) is 115 Å². The third-order valence-corrected chi connectivity index (χ3v) is 7.16. The minimum absolute atomic E-state index is 0.643. The van der Waals surface area contributed by atoms with Crippen molar-refractivity contribution in [3.63, 3.8) is 0 Å². The summed E-state index contributed by atoms with van der Waals surface area (Å²) in [6.45, 7) is 7.28. The van der Waals surface area contributed by atoms with Crippen LogP contribution in [0.4, 0.5) is 5.69 Å². The molecule has 0 aliphatic rings. The second-order valence-electron chi connectivity index (χ2n) is 9.27. The zero-order valence-corrected chi connectivity index (χ0v) is 19.8. The Hall–Kier alpha value is -5.38. The van der Waals surface area contributed by atoms with E-state index < -0.39 is 0 Å². The summed E-state index contributed by atoms with van der Waals surface area (Å²) in [6.07, 6.45) is 0. The van der Waals surface area contributed by atoms with Gasteiger partial charge in [-0.2, -0.15) is 5.26 Å². The quantitative estimate of drug-likeness (QED) is 0.188. The first-order valence-electron chi connectivity index (χ1n) is 12.1. The summed E-state index contributed by atoms with van der Waals surface area (Å²) < 4.78 is 2.36. The van der Waals surface area contributed by atoms with Crippen molar-refractivity contribution in [1.82, 2.24) is 4.57 Å². The van der Waals surface area contributed by atoms with Crippen molar-refractivity contribution in [2.45, 2.75) is 0 Å². The minimum Gasteiger partial charge on any atom is -0.309 e. The van der Waals surface area contributed by atoms with Crippen molar-refractivity contribution in [3.05, 3.63) is 132 Å².